The van der Waals surface area contributed by atoms with Crippen LogP contribution in [0.25, 0.3) is 0 Å². The number of hydrogen-bond acceptors (Lipinski definition) is 3. The molecule has 0 aliphatic rings. The quantitative estimate of drug-likeness (QED) is 0.354. The van der Waals surface area contributed by atoms with E-state index in [2.05, 4.69) is 6.92 Å². The van der Waals surface area contributed by atoms with Gasteiger partial charge in [-0.2, -0.15) is 0 Å². The molecule has 3 heteroatoms. The van der Waals surface area contributed by atoms with Gasteiger partial charge in [0.1, 0.15) is 12.2 Å². The molecule has 0 aromatic carbocycles. The van der Waals surface area contributed by atoms with Gasteiger partial charge >= 0.3 is 5.97 Å². The van der Waals surface area contributed by atoms with E-state index in [1.165, 1.54) is 0 Å². The Balaban J connectivity index is 3.53. The van der Waals surface area contributed by atoms with E-state index in [0.717, 1.165) is 19.3 Å². The molecule has 0 aromatic heterocycles. The van der Waals surface area contributed by atoms with Gasteiger partial charge in [-0.25, -0.2) is 0 Å². The van der Waals surface area contributed by atoms with Gasteiger partial charge in [0, 0.05) is 6.42 Å². The number of ketones is 1. The molecule has 3 nitrogen and oxygen atoms in total. The standard InChI is InChI=1S/C12H22O3/c1-4-5-6-7-11(13)8-12(14)15-9-10(2)3/h10H,4-9H2,1-3H3. The average Bonchev–Trinajstić information content (AvgIpc) is 2.15. The maximum Gasteiger partial charge on any atom is 0.313 e. The number of esters is 1. The predicted octanol–water partition coefficient (Wildman–Crippen LogP) is 2.73. The molecular weight excluding hydrogens is 192 g/mol. The van der Waals surface area contributed by atoms with E-state index in [1.807, 2.05) is 13.8 Å². The van der Waals surface area contributed by atoms with Crippen LogP contribution in [0, 0.1) is 5.92 Å². The third-order valence-corrected chi connectivity index (χ3v) is 1.98. The van der Waals surface area contributed by atoms with Gasteiger partial charge in [0.25, 0.3) is 0 Å². The smallest absolute Gasteiger partial charge is 0.313 e. The van der Waals surface area contributed by atoms with Gasteiger partial charge in [0.05, 0.1) is 6.61 Å². The Labute approximate surface area is 92.2 Å². The lowest BCUT2D eigenvalue weighted by atomic mass is 10.1. The Bertz CT molecular complexity index is 197. The molecule has 0 N–H and O–H groups in total. The van der Waals surface area contributed by atoms with Gasteiger partial charge in [-0.3, -0.25) is 9.59 Å². The first kappa shape index (κ1) is 14.1. The zero-order valence-electron chi connectivity index (χ0n) is 10.0. The lowest BCUT2D eigenvalue weighted by molar-refractivity contribution is -0.147. The summed E-state index contributed by atoms with van der Waals surface area (Å²) >= 11 is 0. The van der Waals surface area contributed by atoms with Crippen LogP contribution < -0.4 is 0 Å². The van der Waals surface area contributed by atoms with Crippen molar-refractivity contribution in [3.8, 4) is 0 Å². The fraction of sp³-hybridized carbons (Fsp3) is 0.833. The molecule has 0 aliphatic carbocycles. The van der Waals surface area contributed by atoms with Gasteiger partial charge in [0.2, 0.25) is 0 Å². The Morgan fingerprint density at radius 3 is 2.40 bits per heavy atom. The number of Topliss-reactive ketones (excluding diaryl/α,β-unsaturated/α-hetero) is 1. The minimum Gasteiger partial charge on any atom is -0.465 e. The van der Waals surface area contributed by atoms with Gasteiger partial charge in [-0.1, -0.05) is 33.6 Å². The highest BCUT2D eigenvalue weighted by Gasteiger charge is 2.10. The molecule has 0 fully saturated rings. The number of rotatable bonds is 8. The Hall–Kier alpha value is -0.860. The van der Waals surface area contributed by atoms with Gasteiger partial charge < -0.3 is 4.74 Å². The highest BCUT2D eigenvalue weighted by atomic mass is 16.5. The molecule has 0 aliphatic heterocycles. The van der Waals surface area contributed by atoms with E-state index in [4.69, 9.17) is 4.74 Å². The van der Waals surface area contributed by atoms with E-state index < -0.39 is 0 Å². The van der Waals surface area contributed by atoms with E-state index in [1.54, 1.807) is 0 Å². The van der Waals surface area contributed by atoms with Crippen molar-refractivity contribution in [1.29, 1.82) is 0 Å². The predicted molar refractivity (Wildman–Crippen MR) is 59.6 cm³/mol. The van der Waals surface area contributed by atoms with E-state index in [0.29, 0.717) is 18.9 Å². The Morgan fingerprint density at radius 2 is 1.87 bits per heavy atom. The minimum atomic E-state index is -0.384. The zero-order chi connectivity index (χ0) is 11.7. The fourth-order valence-corrected chi connectivity index (χ4v) is 1.13. The third kappa shape index (κ3) is 9.44. The maximum atomic E-state index is 11.3. The van der Waals surface area contributed by atoms with Crippen molar-refractivity contribution in [2.24, 2.45) is 5.92 Å². The van der Waals surface area contributed by atoms with Crippen LogP contribution in [0.3, 0.4) is 0 Å². The summed E-state index contributed by atoms with van der Waals surface area (Å²) in [4.78, 5) is 22.4. The molecule has 0 unspecified atom stereocenters. The molecule has 88 valence electrons. The molecule has 0 saturated carbocycles. The third-order valence-electron chi connectivity index (χ3n) is 1.98. The zero-order valence-corrected chi connectivity index (χ0v) is 10.0. The van der Waals surface area contributed by atoms with Crippen molar-refractivity contribution < 1.29 is 14.3 Å². The number of carbonyl (C=O) groups is 2. The molecule has 0 amide bonds. The van der Waals surface area contributed by atoms with Crippen LogP contribution in [0.4, 0.5) is 0 Å². The molecule has 0 aromatic rings. The van der Waals surface area contributed by atoms with E-state index in [-0.39, 0.29) is 18.2 Å². The molecular formula is C12H22O3. The molecule has 0 radical (unpaired) electrons. The normalized spacial score (nSPS) is 10.4. The summed E-state index contributed by atoms with van der Waals surface area (Å²) in [6.45, 7) is 6.43. The van der Waals surface area contributed by atoms with Crippen molar-refractivity contribution in [1.82, 2.24) is 0 Å². The van der Waals surface area contributed by atoms with Crippen molar-refractivity contribution in [2.75, 3.05) is 6.61 Å². The monoisotopic (exact) mass is 214 g/mol. The second-order valence-electron chi connectivity index (χ2n) is 4.25. The van der Waals surface area contributed by atoms with E-state index >= 15 is 0 Å². The lowest BCUT2D eigenvalue weighted by Gasteiger charge is -2.06. The lowest BCUT2D eigenvalue weighted by Crippen LogP contribution is -2.14. The van der Waals surface area contributed by atoms with E-state index in [9.17, 15) is 9.59 Å². The second-order valence-corrected chi connectivity index (χ2v) is 4.25. The molecule has 15 heavy (non-hydrogen) atoms. The van der Waals surface area contributed by atoms with Crippen molar-refractivity contribution >= 4 is 11.8 Å². The summed E-state index contributed by atoms with van der Waals surface area (Å²) in [5.41, 5.74) is 0. The first-order chi connectivity index (χ1) is 7.06. The first-order valence-electron chi connectivity index (χ1n) is 5.73. The summed E-state index contributed by atoms with van der Waals surface area (Å²) in [6, 6.07) is 0. The van der Waals surface area contributed by atoms with Crippen molar-refractivity contribution in [2.45, 2.75) is 52.9 Å². The molecule has 0 spiro atoms. The molecule has 0 heterocycles. The number of unbranched alkanes of at least 4 members (excludes halogenated alkanes) is 2. The first-order valence-corrected chi connectivity index (χ1v) is 5.73. The summed E-state index contributed by atoms with van der Waals surface area (Å²) in [5, 5.41) is 0. The molecule has 0 bridgehead atoms. The maximum absolute atomic E-state index is 11.3. The van der Waals surface area contributed by atoms with Crippen LogP contribution in [-0.2, 0) is 14.3 Å². The minimum absolute atomic E-state index is 0.00259. The highest BCUT2D eigenvalue weighted by molar-refractivity contribution is 5.95. The largest absolute Gasteiger partial charge is 0.465 e. The van der Waals surface area contributed by atoms with Crippen molar-refractivity contribution in [3.63, 3.8) is 0 Å². The molecule has 0 saturated heterocycles. The molecule has 0 rings (SSSR count). The summed E-state index contributed by atoms with van der Waals surface area (Å²) in [5.74, 6) is -0.0634. The Morgan fingerprint density at radius 1 is 1.20 bits per heavy atom. The topological polar surface area (TPSA) is 43.4 Å². The summed E-state index contributed by atoms with van der Waals surface area (Å²) < 4.78 is 4.92. The second kappa shape index (κ2) is 8.45. The number of carbonyl (C=O) groups excluding carboxylic acids is 2. The van der Waals surface area contributed by atoms with Gasteiger partial charge in [-0.05, 0) is 12.3 Å². The number of ether oxygens (including phenoxy) is 1. The van der Waals surface area contributed by atoms with Crippen LogP contribution in [0.15, 0.2) is 0 Å². The Kier molecular flexibility index (Phi) is 7.96. The van der Waals surface area contributed by atoms with Crippen LogP contribution in [0.2, 0.25) is 0 Å². The fourth-order valence-electron chi connectivity index (χ4n) is 1.13. The molecule has 0 atom stereocenters. The number of hydrogen-bond donors (Lipinski definition) is 0. The highest BCUT2D eigenvalue weighted by Crippen LogP contribution is 2.03. The van der Waals surface area contributed by atoms with Gasteiger partial charge in [0.15, 0.2) is 0 Å². The van der Waals surface area contributed by atoms with Crippen LogP contribution in [0.5, 0.6) is 0 Å². The SMILES string of the molecule is CCCCCC(=O)CC(=O)OCC(C)C. The average molecular weight is 214 g/mol. The van der Waals surface area contributed by atoms with Crippen molar-refractivity contribution in [3.05, 3.63) is 0 Å². The summed E-state index contributed by atoms with van der Waals surface area (Å²) in [6.07, 6.45) is 3.46. The van der Waals surface area contributed by atoms with Crippen LogP contribution in [-0.4, -0.2) is 18.4 Å². The summed E-state index contributed by atoms with van der Waals surface area (Å²) in [7, 11) is 0. The van der Waals surface area contributed by atoms with Crippen LogP contribution >= 0.6 is 0 Å². The van der Waals surface area contributed by atoms with Crippen LogP contribution in [0.1, 0.15) is 52.9 Å². The van der Waals surface area contributed by atoms with Gasteiger partial charge in [-0.15, -0.1) is 0 Å².